The average molecular weight is 251 g/mol. The van der Waals surface area contributed by atoms with Gasteiger partial charge < -0.3 is 10.5 Å². The number of aromatic nitrogens is 2. The number of rotatable bonds is 3. The van der Waals surface area contributed by atoms with Crippen LogP contribution in [-0.2, 0) is 11.3 Å². The number of hydrogen-bond donors (Lipinski definition) is 1. The van der Waals surface area contributed by atoms with Crippen LogP contribution in [0.3, 0.4) is 0 Å². The Bertz CT molecular complexity index is 426. The number of hydrogen-bond acceptors (Lipinski definition) is 4. The van der Waals surface area contributed by atoms with Crippen LogP contribution < -0.4 is 5.73 Å². The van der Waals surface area contributed by atoms with Gasteiger partial charge >= 0.3 is 12.1 Å². The van der Waals surface area contributed by atoms with Gasteiger partial charge in [0.2, 0.25) is 0 Å². The minimum Gasteiger partial charge on any atom is -0.451 e. The van der Waals surface area contributed by atoms with E-state index in [9.17, 15) is 18.0 Å². The summed E-state index contributed by atoms with van der Waals surface area (Å²) in [5, 5.41) is 3.90. The molecule has 0 aliphatic heterocycles. The smallest absolute Gasteiger partial charge is 0.422 e. The van der Waals surface area contributed by atoms with Crippen molar-refractivity contribution in [1.29, 1.82) is 0 Å². The van der Waals surface area contributed by atoms with Crippen molar-refractivity contribution in [3.63, 3.8) is 0 Å². The second-order valence-electron chi connectivity index (χ2n) is 3.35. The molecule has 8 heteroatoms. The SMILES string of the molecule is CCn1nc(C)c(N)c1C(=O)OCC(F)(F)F. The van der Waals surface area contributed by atoms with Crippen LogP contribution in [0, 0.1) is 6.92 Å². The molecule has 96 valence electrons. The van der Waals surface area contributed by atoms with Crippen molar-refractivity contribution in [1.82, 2.24) is 9.78 Å². The van der Waals surface area contributed by atoms with Crippen molar-refractivity contribution in [2.45, 2.75) is 26.6 Å². The van der Waals surface area contributed by atoms with Crippen LogP contribution in [0.25, 0.3) is 0 Å². The highest BCUT2D eigenvalue weighted by Crippen LogP contribution is 2.20. The minimum absolute atomic E-state index is 0.0408. The second-order valence-corrected chi connectivity index (χ2v) is 3.35. The molecule has 0 aliphatic rings. The largest absolute Gasteiger partial charge is 0.451 e. The lowest BCUT2D eigenvalue weighted by Crippen LogP contribution is -2.22. The molecule has 17 heavy (non-hydrogen) atoms. The molecule has 5 nitrogen and oxygen atoms in total. The Balaban J connectivity index is 2.89. The van der Waals surface area contributed by atoms with Gasteiger partial charge in [-0.1, -0.05) is 0 Å². The summed E-state index contributed by atoms with van der Waals surface area (Å²) in [6.07, 6.45) is -4.56. The molecule has 1 rings (SSSR count). The number of halogens is 3. The van der Waals surface area contributed by atoms with Gasteiger partial charge in [0.05, 0.1) is 11.4 Å². The third kappa shape index (κ3) is 3.11. The van der Waals surface area contributed by atoms with E-state index in [1.807, 2.05) is 0 Å². The van der Waals surface area contributed by atoms with Crippen LogP contribution in [0.15, 0.2) is 0 Å². The number of nitrogen functional groups attached to an aromatic ring is 1. The molecule has 0 aliphatic carbocycles. The third-order valence-electron chi connectivity index (χ3n) is 2.03. The van der Waals surface area contributed by atoms with Crippen molar-refractivity contribution < 1.29 is 22.7 Å². The van der Waals surface area contributed by atoms with E-state index in [0.717, 1.165) is 0 Å². The number of carbonyl (C=O) groups is 1. The quantitative estimate of drug-likeness (QED) is 0.827. The fourth-order valence-electron chi connectivity index (χ4n) is 1.26. The summed E-state index contributed by atoms with van der Waals surface area (Å²) in [5.41, 5.74) is 5.83. The van der Waals surface area contributed by atoms with Gasteiger partial charge in [-0.3, -0.25) is 4.68 Å². The van der Waals surface area contributed by atoms with Crippen molar-refractivity contribution in [2.24, 2.45) is 0 Å². The molecule has 0 bridgehead atoms. The fourth-order valence-corrected chi connectivity index (χ4v) is 1.26. The standard InChI is InChI=1S/C9H12F3N3O2/c1-3-15-7(6(13)5(2)14-15)8(16)17-4-9(10,11)12/h3-4,13H2,1-2H3. The predicted molar refractivity (Wildman–Crippen MR) is 53.4 cm³/mol. The average Bonchev–Trinajstić information content (AvgIpc) is 2.51. The van der Waals surface area contributed by atoms with Crippen molar-refractivity contribution in [3.05, 3.63) is 11.4 Å². The van der Waals surface area contributed by atoms with E-state index in [4.69, 9.17) is 5.73 Å². The van der Waals surface area contributed by atoms with Crippen LogP contribution in [-0.4, -0.2) is 28.5 Å². The lowest BCUT2D eigenvalue weighted by Gasteiger charge is -2.09. The van der Waals surface area contributed by atoms with Gasteiger partial charge in [-0.25, -0.2) is 4.79 Å². The van der Waals surface area contributed by atoms with Crippen LogP contribution in [0.1, 0.15) is 23.1 Å². The topological polar surface area (TPSA) is 70.1 Å². The van der Waals surface area contributed by atoms with Gasteiger partial charge in [-0.2, -0.15) is 18.3 Å². The Labute approximate surface area is 95.3 Å². The lowest BCUT2D eigenvalue weighted by molar-refractivity contribution is -0.161. The van der Waals surface area contributed by atoms with E-state index in [2.05, 4.69) is 9.84 Å². The van der Waals surface area contributed by atoms with Gasteiger partial charge in [-0.15, -0.1) is 0 Å². The number of carbonyl (C=O) groups excluding carboxylic acids is 1. The van der Waals surface area contributed by atoms with E-state index >= 15 is 0 Å². The van der Waals surface area contributed by atoms with Gasteiger partial charge in [0.25, 0.3) is 0 Å². The minimum atomic E-state index is -4.56. The molecule has 0 aromatic carbocycles. The molecule has 0 amide bonds. The summed E-state index contributed by atoms with van der Waals surface area (Å²) in [6.45, 7) is 1.92. The fraction of sp³-hybridized carbons (Fsp3) is 0.556. The molecule has 1 aromatic heterocycles. The highest BCUT2D eigenvalue weighted by molar-refractivity contribution is 5.93. The molecule has 2 N–H and O–H groups in total. The maximum absolute atomic E-state index is 11.9. The molecular formula is C9H12F3N3O2. The Morgan fingerprint density at radius 3 is 2.59 bits per heavy atom. The number of ether oxygens (including phenoxy) is 1. The van der Waals surface area contributed by atoms with E-state index < -0.39 is 18.8 Å². The van der Waals surface area contributed by atoms with E-state index in [1.54, 1.807) is 13.8 Å². The highest BCUT2D eigenvalue weighted by atomic mass is 19.4. The second kappa shape index (κ2) is 4.64. The lowest BCUT2D eigenvalue weighted by atomic mass is 10.3. The Morgan fingerprint density at radius 1 is 1.53 bits per heavy atom. The van der Waals surface area contributed by atoms with Crippen molar-refractivity contribution in [3.8, 4) is 0 Å². The van der Waals surface area contributed by atoms with Crippen molar-refractivity contribution in [2.75, 3.05) is 12.3 Å². The molecule has 1 aromatic rings. The van der Waals surface area contributed by atoms with Gasteiger partial charge in [-0.05, 0) is 13.8 Å². The van der Waals surface area contributed by atoms with Crippen LogP contribution in [0.5, 0.6) is 0 Å². The zero-order chi connectivity index (χ0) is 13.2. The zero-order valence-electron chi connectivity index (χ0n) is 9.34. The van der Waals surface area contributed by atoms with E-state index in [1.165, 1.54) is 4.68 Å². The van der Waals surface area contributed by atoms with E-state index in [0.29, 0.717) is 12.2 Å². The summed E-state index contributed by atoms with van der Waals surface area (Å²) < 4.78 is 41.0. The number of anilines is 1. The van der Waals surface area contributed by atoms with E-state index in [-0.39, 0.29) is 11.4 Å². The van der Waals surface area contributed by atoms with Gasteiger partial charge in [0.1, 0.15) is 0 Å². The third-order valence-corrected chi connectivity index (χ3v) is 2.03. The first kappa shape index (κ1) is 13.3. The monoisotopic (exact) mass is 251 g/mol. The highest BCUT2D eigenvalue weighted by Gasteiger charge is 2.31. The zero-order valence-corrected chi connectivity index (χ0v) is 9.34. The number of alkyl halides is 3. The molecule has 0 radical (unpaired) electrons. The Morgan fingerprint density at radius 2 is 2.12 bits per heavy atom. The maximum atomic E-state index is 11.9. The van der Waals surface area contributed by atoms with Crippen LogP contribution in [0.2, 0.25) is 0 Å². The van der Waals surface area contributed by atoms with Crippen LogP contribution >= 0.6 is 0 Å². The number of nitrogens with two attached hydrogens (primary N) is 1. The summed E-state index contributed by atoms with van der Waals surface area (Å²) in [5.74, 6) is -1.12. The molecule has 0 saturated carbocycles. The first-order valence-electron chi connectivity index (χ1n) is 4.83. The first-order valence-corrected chi connectivity index (χ1v) is 4.83. The maximum Gasteiger partial charge on any atom is 0.422 e. The van der Waals surface area contributed by atoms with Crippen molar-refractivity contribution >= 4 is 11.7 Å². The normalized spacial score (nSPS) is 11.6. The van der Waals surface area contributed by atoms with Crippen LogP contribution in [0.4, 0.5) is 18.9 Å². The summed E-state index contributed by atoms with van der Waals surface area (Å²) in [4.78, 5) is 11.4. The molecular weight excluding hydrogens is 239 g/mol. The Kier molecular flexibility index (Phi) is 3.64. The predicted octanol–water partition coefficient (Wildman–Crippen LogP) is 1.51. The molecule has 1 heterocycles. The first-order chi connectivity index (χ1) is 7.76. The van der Waals surface area contributed by atoms with Gasteiger partial charge in [0, 0.05) is 6.54 Å². The Hall–Kier alpha value is -1.73. The molecule has 0 fully saturated rings. The number of nitrogens with zero attached hydrogens (tertiary/aromatic N) is 2. The summed E-state index contributed by atoms with van der Waals surface area (Å²) >= 11 is 0. The summed E-state index contributed by atoms with van der Waals surface area (Å²) in [7, 11) is 0. The number of aryl methyl sites for hydroxylation is 2. The van der Waals surface area contributed by atoms with Gasteiger partial charge in [0.15, 0.2) is 12.3 Å². The number of esters is 1. The molecule has 0 unspecified atom stereocenters. The molecule has 0 atom stereocenters. The summed E-state index contributed by atoms with van der Waals surface area (Å²) in [6, 6.07) is 0. The molecule has 0 spiro atoms. The molecule has 0 saturated heterocycles.